The van der Waals surface area contributed by atoms with Crippen molar-refractivity contribution >= 4 is 21.6 Å². The Kier molecular flexibility index (Phi) is 4.66. The summed E-state index contributed by atoms with van der Waals surface area (Å²) in [5, 5.41) is 0.0270. The molecule has 8 heteroatoms. The summed E-state index contributed by atoms with van der Waals surface area (Å²) < 4.78 is 45.7. The molecule has 0 aliphatic carbocycles. The van der Waals surface area contributed by atoms with E-state index in [-0.39, 0.29) is 16.5 Å². The molecule has 0 amide bonds. The summed E-state index contributed by atoms with van der Waals surface area (Å²) in [4.78, 5) is -0.207. The summed E-state index contributed by atoms with van der Waals surface area (Å²) >= 11 is 5.69. The Morgan fingerprint density at radius 1 is 1.35 bits per heavy atom. The molecular formula is C12H16ClFN2O3S. The van der Waals surface area contributed by atoms with E-state index >= 15 is 0 Å². The standard InChI is InChI=1S/C12H16ClFN2O3S/c13-9-5-10(14)7-11(6-9)20(17,18)16-12(8-15)1-3-19-4-2-12/h5-7,16H,1-4,8,15H2. The zero-order valence-corrected chi connectivity index (χ0v) is 12.3. The van der Waals surface area contributed by atoms with Crippen LogP contribution in [0.15, 0.2) is 23.1 Å². The van der Waals surface area contributed by atoms with Crippen LogP contribution in [0.2, 0.25) is 5.02 Å². The molecule has 5 nitrogen and oxygen atoms in total. The average molecular weight is 323 g/mol. The van der Waals surface area contributed by atoms with Gasteiger partial charge in [0, 0.05) is 30.3 Å². The van der Waals surface area contributed by atoms with E-state index in [1.165, 1.54) is 6.07 Å². The molecule has 1 aromatic rings. The van der Waals surface area contributed by atoms with E-state index in [1.54, 1.807) is 0 Å². The van der Waals surface area contributed by atoms with Crippen molar-refractivity contribution in [2.24, 2.45) is 5.73 Å². The van der Waals surface area contributed by atoms with Gasteiger partial charge in [0.15, 0.2) is 0 Å². The van der Waals surface area contributed by atoms with E-state index in [1.807, 2.05) is 0 Å². The van der Waals surface area contributed by atoms with Crippen molar-refractivity contribution in [3.05, 3.63) is 29.0 Å². The van der Waals surface area contributed by atoms with Gasteiger partial charge in [0.05, 0.1) is 4.90 Å². The Bertz CT molecular complexity index is 568. The summed E-state index contributed by atoms with van der Waals surface area (Å²) in [6.07, 6.45) is 0.956. The lowest BCUT2D eigenvalue weighted by Gasteiger charge is -2.36. The van der Waals surface area contributed by atoms with Crippen molar-refractivity contribution in [3.8, 4) is 0 Å². The smallest absolute Gasteiger partial charge is 0.241 e. The number of rotatable bonds is 4. The van der Waals surface area contributed by atoms with Crippen LogP contribution < -0.4 is 10.5 Å². The predicted octanol–water partition coefficient (Wildman–Crippen LogP) is 1.27. The fourth-order valence-electron chi connectivity index (χ4n) is 2.14. The van der Waals surface area contributed by atoms with Gasteiger partial charge in [0.25, 0.3) is 0 Å². The lowest BCUT2D eigenvalue weighted by atomic mass is 9.92. The molecule has 2 rings (SSSR count). The third-order valence-corrected chi connectivity index (χ3v) is 5.11. The molecular weight excluding hydrogens is 307 g/mol. The van der Waals surface area contributed by atoms with E-state index in [0.29, 0.717) is 26.1 Å². The second-order valence-electron chi connectivity index (χ2n) is 4.81. The summed E-state index contributed by atoms with van der Waals surface area (Å²) in [6.45, 7) is 1.02. The zero-order valence-electron chi connectivity index (χ0n) is 10.7. The van der Waals surface area contributed by atoms with Crippen molar-refractivity contribution in [1.82, 2.24) is 4.72 Å². The molecule has 0 bridgehead atoms. The highest BCUT2D eigenvalue weighted by Gasteiger charge is 2.36. The minimum Gasteiger partial charge on any atom is -0.381 e. The number of hydrogen-bond donors (Lipinski definition) is 2. The Morgan fingerprint density at radius 2 is 2.00 bits per heavy atom. The Labute approximate surface area is 122 Å². The van der Waals surface area contributed by atoms with Gasteiger partial charge in [-0.1, -0.05) is 11.6 Å². The van der Waals surface area contributed by atoms with E-state index < -0.39 is 21.4 Å². The summed E-state index contributed by atoms with van der Waals surface area (Å²) in [6, 6.07) is 3.18. The van der Waals surface area contributed by atoms with Crippen molar-refractivity contribution in [2.75, 3.05) is 19.8 Å². The molecule has 0 saturated carbocycles. The SMILES string of the molecule is NCC1(NS(=O)(=O)c2cc(F)cc(Cl)c2)CCOCC1. The Morgan fingerprint density at radius 3 is 2.55 bits per heavy atom. The van der Waals surface area contributed by atoms with Crippen molar-refractivity contribution in [3.63, 3.8) is 0 Å². The second kappa shape index (κ2) is 5.95. The van der Waals surface area contributed by atoms with Crippen LogP contribution in [0, 0.1) is 5.82 Å². The number of hydrogen-bond acceptors (Lipinski definition) is 4. The molecule has 1 fully saturated rings. The van der Waals surface area contributed by atoms with E-state index in [4.69, 9.17) is 22.1 Å². The molecule has 0 radical (unpaired) electrons. The topological polar surface area (TPSA) is 81.4 Å². The molecule has 1 aromatic carbocycles. The number of sulfonamides is 1. The third kappa shape index (κ3) is 3.48. The molecule has 112 valence electrons. The minimum atomic E-state index is -3.89. The van der Waals surface area contributed by atoms with Crippen LogP contribution in [0.4, 0.5) is 4.39 Å². The monoisotopic (exact) mass is 322 g/mol. The molecule has 0 aromatic heterocycles. The highest BCUT2D eigenvalue weighted by Crippen LogP contribution is 2.24. The van der Waals surface area contributed by atoms with Gasteiger partial charge in [-0.15, -0.1) is 0 Å². The van der Waals surface area contributed by atoms with Gasteiger partial charge >= 0.3 is 0 Å². The van der Waals surface area contributed by atoms with Crippen LogP contribution in [0.25, 0.3) is 0 Å². The minimum absolute atomic E-state index is 0.0270. The summed E-state index contributed by atoms with van der Waals surface area (Å²) in [5.41, 5.74) is 4.95. The van der Waals surface area contributed by atoms with Gasteiger partial charge < -0.3 is 10.5 Å². The quantitative estimate of drug-likeness (QED) is 0.874. The molecule has 3 N–H and O–H groups in total. The van der Waals surface area contributed by atoms with Gasteiger partial charge in [-0.05, 0) is 31.0 Å². The van der Waals surface area contributed by atoms with Crippen molar-refractivity contribution in [2.45, 2.75) is 23.3 Å². The van der Waals surface area contributed by atoms with Gasteiger partial charge in [0.1, 0.15) is 5.82 Å². The molecule has 20 heavy (non-hydrogen) atoms. The molecule has 1 saturated heterocycles. The second-order valence-corrected chi connectivity index (χ2v) is 6.93. The molecule has 1 aliphatic heterocycles. The first-order valence-electron chi connectivity index (χ1n) is 6.15. The summed E-state index contributed by atoms with van der Waals surface area (Å²) in [7, 11) is -3.89. The van der Waals surface area contributed by atoms with Gasteiger partial charge in [0.2, 0.25) is 10.0 Å². The Balaban J connectivity index is 2.30. The van der Waals surface area contributed by atoms with Gasteiger partial charge in [-0.25, -0.2) is 17.5 Å². The maximum absolute atomic E-state index is 13.3. The van der Waals surface area contributed by atoms with Gasteiger partial charge in [-0.3, -0.25) is 0 Å². The fraction of sp³-hybridized carbons (Fsp3) is 0.500. The van der Waals surface area contributed by atoms with Crippen LogP contribution >= 0.6 is 11.6 Å². The molecule has 0 atom stereocenters. The van der Waals surface area contributed by atoms with E-state index in [9.17, 15) is 12.8 Å². The highest BCUT2D eigenvalue weighted by molar-refractivity contribution is 7.89. The average Bonchev–Trinajstić information content (AvgIpc) is 2.38. The number of ether oxygens (including phenoxy) is 1. The molecule has 1 heterocycles. The summed E-state index contributed by atoms with van der Waals surface area (Å²) in [5.74, 6) is -0.702. The largest absolute Gasteiger partial charge is 0.381 e. The van der Waals surface area contributed by atoms with Gasteiger partial charge in [-0.2, -0.15) is 0 Å². The number of nitrogens with two attached hydrogens (primary N) is 1. The lowest BCUT2D eigenvalue weighted by Crippen LogP contribution is -2.56. The Hall–Kier alpha value is -0.730. The molecule has 0 unspecified atom stereocenters. The molecule has 0 spiro atoms. The normalized spacial score (nSPS) is 18.9. The number of halogens is 2. The maximum atomic E-state index is 13.3. The first kappa shape index (κ1) is 15.7. The first-order valence-corrected chi connectivity index (χ1v) is 8.01. The zero-order chi connectivity index (χ0) is 14.8. The first-order chi connectivity index (χ1) is 9.37. The highest BCUT2D eigenvalue weighted by atomic mass is 35.5. The number of nitrogens with one attached hydrogen (secondary N) is 1. The van der Waals surface area contributed by atoms with Crippen LogP contribution in [0.1, 0.15) is 12.8 Å². The maximum Gasteiger partial charge on any atom is 0.241 e. The van der Waals surface area contributed by atoms with Crippen LogP contribution in [-0.2, 0) is 14.8 Å². The van der Waals surface area contributed by atoms with Crippen LogP contribution in [-0.4, -0.2) is 33.7 Å². The molecule has 1 aliphatic rings. The lowest BCUT2D eigenvalue weighted by molar-refractivity contribution is 0.0502. The van der Waals surface area contributed by atoms with Crippen LogP contribution in [0.5, 0.6) is 0 Å². The predicted molar refractivity (Wildman–Crippen MR) is 73.6 cm³/mol. The van der Waals surface area contributed by atoms with E-state index in [2.05, 4.69) is 4.72 Å². The van der Waals surface area contributed by atoms with Crippen LogP contribution in [0.3, 0.4) is 0 Å². The number of benzene rings is 1. The van der Waals surface area contributed by atoms with Crippen molar-refractivity contribution < 1.29 is 17.5 Å². The third-order valence-electron chi connectivity index (χ3n) is 3.34. The van der Waals surface area contributed by atoms with Crippen molar-refractivity contribution in [1.29, 1.82) is 0 Å². The van der Waals surface area contributed by atoms with E-state index in [0.717, 1.165) is 12.1 Å². The fourth-order valence-corrected chi connectivity index (χ4v) is 3.95.